The Balaban J connectivity index is 2.38. The van der Waals surface area contributed by atoms with Gasteiger partial charge in [-0.05, 0) is 17.4 Å². The van der Waals surface area contributed by atoms with Crippen LogP contribution in [0.1, 0.15) is 25.5 Å². The zero-order chi connectivity index (χ0) is 15.7. The van der Waals surface area contributed by atoms with Gasteiger partial charge in [-0.3, -0.25) is 9.78 Å². The molecule has 3 aromatic rings. The second-order valence-corrected chi connectivity index (χ2v) is 5.80. The van der Waals surface area contributed by atoms with Crippen molar-refractivity contribution in [3.05, 3.63) is 54.2 Å². The molecule has 0 amide bonds. The van der Waals surface area contributed by atoms with Crippen LogP contribution in [0.15, 0.2) is 48.5 Å². The van der Waals surface area contributed by atoms with Gasteiger partial charge in [0.15, 0.2) is 0 Å². The molecule has 1 atom stereocenters. The number of rotatable bonds is 3. The molecule has 3 nitrogen and oxygen atoms in total. The average molecular weight is 293 g/mol. The molecule has 0 saturated carbocycles. The first-order valence-electron chi connectivity index (χ1n) is 7.48. The van der Waals surface area contributed by atoms with Gasteiger partial charge in [-0.2, -0.15) is 0 Å². The molecule has 22 heavy (non-hydrogen) atoms. The normalized spacial score (nSPS) is 12.7. The molecular weight excluding hydrogens is 274 g/mol. The summed E-state index contributed by atoms with van der Waals surface area (Å²) in [5.41, 5.74) is 1.71. The van der Waals surface area contributed by atoms with Crippen LogP contribution in [0.4, 0.5) is 0 Å². The van der Waals surface area contributed by atoms with Crippen molar-refractivity contribution in [2.75, 3.05) is 7.11 Å². The van der Waals surface area contributed by atoms with Crippen molar-refractivity contribution in [3.8, 4) is 0 Å². The molecule has 0 aliphatic heterocycles. The van der Waals surface area contributed by atoms with E-state index in [4.69, 9.17) is 9.72 Å². The number of hydrogen-bond donors (Lipinski definition) is 0. The number of carbonyl (C=O) groups is 1. The van der Waals surface area contributed by atoms with Gasteiger partial charge in [0.1, 0.15) is 5.92 Å². The highest BCUT2D eigenvalue weighted by Gasteiger charge is 2.28. The second-order valence-electron chi connectivity index (χ2n) is 5.80. The van der Waals surface area contributed by atoms with Crippen LogP contribution in [-0.2, 0) is 9.53 Å². The van der Waals surface area contributed by atoms with E-state index in [1.807, 2.05) is 50.2 Å². The minimum atomic E-state index is -0.362. The van der Waals surface area contributed by atoms with Crippen LogP contribution < -0.4 is 0 Å². The molecule has 1 heterocycles. The van der Waals surface area contributed by atoms with Crippen LogP contribution in [0.3, 0.4) is 0 Å². The Bertz CT molecular complexity index is 839. The van der Waals surface area contributed by atoms with E-state index < -0.39 is 0 Å². The van der Waals surface area contributed by atoms with Gasteiger partial charge in [0.05, 0.1) is 18.3 Å². The Labute approximate surface area is 129 Å². The fraction of sp³-hybridized carbons (Fsp3) is 0.263. The smallest absolute Gasteiger partial charge is 0.315 e. The molecule has 0 bridgehead atoms. The fourth-order valence-electron chi connectivity index (χ4n) is 2.99. The van der Waals surface area contributed by atoms with Gasteiger partial charge in [0.2, 0.25) is 0 Å². The van der Waals surface area contributed by atoms with Gasteiger partial charge in [0.25, 0.3) is 0 Å². The molecule has 0 fully saturated rings. The van der Waals surface area contributed by atoms with Crippen molar-refractivity contribution in [1.82, 2.24) is 4.98 Å². The second kappa shape index (κ2) is 5.76. The largest absolute Gasteiger partial charge is 0.468 e. The molecule has 1 unspecified atom stereocenters. The van der Waals surface area contributed by atoms with Crippen LogP contribution in [0.2, 0.25) is 0 Å². The van der Waals surface area contributed by atoms with Gasteiger partial charge in [-0.15, -0.1) is 0 Å². The Kier molecular flexibility index (Phi) is 3.80. The lowest BCUT2D eigenvalue weighted by atomic mass is 9.88. The summed E-state index contributed by atoms with van der Waals surface area (Å²) in [6.45, 7) is 4.04. The van der Waals surface area contributed by atoms with E-state index in [0.717, 1.165) is 27.4 Å². The van der Waals surface area contributed by atoms with E-state index in [0.29, 0.717) is 0 Å². The standard InChI is InChI=1S/C19H19NO2/c1-12(2)17(19(21)22-3)18-15-10-5-4-8-13(15)14-9-6-7-11-16(14)20-18/h4-12,17H,1-3H3. The van der Waals surface area contributed by atoms with E-state index in [9.17, 15) is 4.79 Å². The Morgan fingerprint density at radius 1 is 0.955 bits per heavy atom. The van der Waals surface area contributed by atoms with Crippen LogP contribution in [0.25, 0.3) is 21.7 Å². The van der Waals surface area contributed by atoms with Crippen molar-refractivity contribution in [2.24, 2.45) is 5.92 Å². The average Bonchev–Trinajstić information content (AvgIpc) is 2.54. The summed E-state index contributed by atoms with van der Waals surface area (Å²) < 4.78 is 5.01. The number of esters is 1. The maximum absolute atomic E-state index is 12.3. The van der Waals surface area contributed by atoms with Gasteiger partial charge in [-0.1, -0.05) is 56.3 Å². The number of para-hydroxylation sites is 1. The summed E-state index contributed by atoms with van der Waals surface area (Å²) in [7, 11) is 1.43. The van der Waals surface area contributed by atoms with Crippen molar-refractivity contribution < 1.29 is 9.53 Å². The van der Waals surface area contributed by atoms with E-state index in [1.54, 1.807) is 0 Å². The number of carbonyl (C=O) groups excluding carboxylic acids is 1. The van der Waals surface area contributed by atoms with E-state index in [2.05, 4.69) is 12.1 Å². The maximum Gasteiger partial charge on any atom is 0.315 e. The summed E-state index contributed by atoms with van der Waals surface area (Å²) in [5.74, 6) is -0.480. The third-order valence-electron chi connectivity index (χ3n) is 4.05. The van der Waals surface area contributed by atoms with Crippen molar-refractivity contribution >= 4 is 27.6 Å². The van der Waals surface area contributed by atoms with Crippen molar-refractivity contribution in [2.45, 2.75) is 19.8 Å². The number of fused-ring (bicyclic) bond motifs is 3. The van der Waals surface area contributed by atoms with Gasteiger partial charge < -0.3 is 4.74 Å². The zero-order valence-corrected chi connectivity index (χ0v) is 13.0. The molecule has 2 aromatic carbocycles. The van der Waals surface area contributed by atoms with Crippen molar-refractivity contribution in [1.29, 1.82) is 0 Å². The molecule has 0 aliphatic carbocycles. The first kappa shape index (κ1) is 14.5. The number of aromatic nitrogens is 1. The van der Waals surface area contributed by atoms with E-state index in [1.165, 1.54) is 7.11 Å². The summed E-state index contributed by atoms with van der Waals surface area (Å²) in [6, 6.07) is 16.1. The molecule has 1 aromatic heterocycles. The minimum Gasteiger partial charge on any atom is -0.468 e. The third-order valence-corrected chi connectivity index (χ3v) is 4.05. The number of methoxy groups -OCH3 is 1. The molecule has 0 N–H and O–H groups in total. The summed E-state index contributed by atoms with van der Waals surface area (Å²) in [6.07, 6.45) is 0. The zero-order valence-electron chi connectivity index (χ0n) is 13.0. The Morgan fingerprint density at radius 3 is 2.18 bits per heavy atom. The van der Waals surface area contributed by atoms with E-state index >= 15 is 0 Å². The topological polar surface area (TPSA) is 39.2 Å². The number of benzene rings is 2. The number of ether oxygens (including phenoxy) is 1. The predicted octanol–water partition coefficient (Wildman–Crippen LogP) is 4.30. The number of nitrogens with zero attached hydrogens (tertiary/aromatic N) is 1. The van der Waals surface area contributed by atoms with Crippen LogP contribution >= 0.6 is 0 Å². The highest BCUT2D eigenvalue weighted by molar-refractivity contribution is 6.07. The lowest BCUT2D eigenvalue weighted by molar-refractivity contribution is -0.143. The molecule has 3 heteroatoms. The number of pyridine rings is 1. The minimum absolute atomic E-state index is 0.115. The quantitative estimate of drug-likeness (QED) is 0.534. The van der Waals surface area contributed by atoms with Gasteiger partial charge in [0, 0.05) is 10.8 Å². The van der Waals surface area contributed by atoms with E-state index in [-0.39, 0.29) is 17.8 Å². The Morgan fingerprint density at radius 2 is 1.55 bits per heavy atom. The fourth-order valence-corrected chi connectivity index (χ4v) is 2.99. The molecule has 0 aliphatic rings. The van der Waals surface area contributed by atoms with Gasteiger partial charge >= 0.3 is 5.97 Å². The summed E-state index contributed by atoms with van der Waals surface area (Å²) in [4.78, 5) is 17.1. The molecule has 112 valence electrons. The highest BCUT2D eigenvalue weighted by Crippen LogP contribution is 2.34. The molecular formula is C19H19NO2. The third kappa shape index (κ3) is 2.33. The highest BCUT2D eigenvalue weighted by atomic mass is 16.5. The lowest BCUT2D eigenvalue weighted by Gasteiger charge is -2.20. The monoisotopic (exact) mass is 293 g/mol. The molecule has 0 saturated heterocycles. The molecule has 0 spiro atoms. The number of hydrogen-bond acceptors (Lipinski definition) is 3. The van der Waals surface area contributed by atoms with Crippen LogP contribution in [0.5, 0.6) is 0 Å². The van der Waals surface area contributed by atoms with Crippen LogP contribution in [-0.4, -0.2) is 18.1 Å². The summed E-state index contributed by atoms with van der Waals surface area (Å²) in [5, 5.41) is 3.25. The van der Waals surface area contributed by atoms with Gasteiger partial charge in [-0.25, -0.2) is 0 Å². The van der Waals surface area contributed by atoms with Crippen molar-refractivity contribution in [3.63, 3.8) is 0 Å². The maximum atomic E-state index is 12.3. The predicted molar refractivity (Wildman–Crippen MR) is 88.8 cm³/mol. The lowest BCUT2D eigenvalue weighted by Crippen LogP contribution is -2.21. The summed E-state index contributed by atoms with van der Waals surface area (Å²) >= 11 is 0. The first-order valence-corrected chi connectivity index (χ1v) is 7.48. The van der Waals surface area contributed by atoms with Crippen LogP contribution in [0, 0.1) is 5.92 Å². The first-order chi connectivity index (χ1) is 10.6. The molecule has 3 rings (SSSR count). The molecule has 0 radical (unpaired) electrons. The SMILES string of the molecule is COC(=O)C(c1nc2ccccc2c2ccccc12)C(C)C. The Hall–Kier alpha value is -2.42.